The lowest BCUT2D eigenvalue weighted by atomic mass is 9.72. The molecular weight excluding hydrogens is 224 g/mol. The third-order valence-corrected chi connectivity index (χ3v) is 5.42. The van der Waals surface area contributed by atoms with E-state index < -0.39 is 0 Å². The summed E-state index contributed by atoms with van der Waals surface area (Å²) >= 11 is 0. The third kappa shape index (κ3) is 2.59. The molecule has 3 fully saturated rings. The summed E-state index contributed by atoms with van der Waals surface area (Å²) in [6.45, 7) is 4.96. The van der Waals surface area contributed by atoms with Crippen LogP contribution < -0.4 is 5.73 Å². The summed E-state index contributed by atoms with van der Waals surface area (Å²) in [6.07, 6.45) is 9.64. The van der Waals surface area contributed by atoms with E-state index in [2.05, 4.69) is 4.90 Å². The van der Waals surface area contributed by atoms with Gasteiger partial charge in [-0.1, -0.05) is 12.8 Å². The fourth-order valence-corrected chi connectivity index (χ4v) is 4.18. The summed E-state index contributed by atoms with van der Waals surface area (Å²) < 4.78 is 5.61. The lowest BCUT2D eigenvalue weighted by Gasteiger charge is -2.48. The second-order valence-electron chi connectivity index (χ2n) is 6.58. The van der Waals surface area contributed by atoms with Gasteiger partial charge in [0.15, 0.2) is 0 Å². The Hall–Kier alpha value is -0.120. The van der Waals surface area contributed by atoms with Crippen LogP contribution in [0.15, 0.2) is 0 Å². The van der Waals surface area contributed by atoms with Gasteiger partial charge < -0.3 is 10.5 Å². The van der Waals surface area contributed by atoms with Crippen molar-refractivity contribution >= 4 is 0 Å². The maximum atomic E-state index is 6.22. The van der Waals surface area contributed by atoms with E-state index in [9.17, 15) is 0 Å². The molecule has 1 aliphatic heterocycles. The fourth-order valence-electron chi connectivity index (χ4n) is 4.18. The predicted molar refractivity (Wildman–Crippen MR) is 73.5 cm³/mol. The molecule has 3 rings (SSSR count). The van der Waals surface area contributed by atoms with Crippen LogP contribution in [0.2, 0.25) is 0 Å². The van der Waals surface area contributed by atoms with Gasteiger partial charge in [0.2, 0.25) is 0 Å². The van der Waals surface area contributed by atoms with Crippen LogP contribution in [-0.4, -0.2) is 43.3 Å². The molecule has 0 amide bonds. The molecule has 1 heterocycles. The Morgan fingerprint density at radius 2 is 1.94 bits per heavy atom. The second kappa shape index (κ2) is 5.48. The molecule has 3 nitrogen and oxygen atoms in total. The largest absolute Gasteiger partial charge is 0.380 e. The minimum atomic E-state index is 0.305. The highest BCUT2D eigenvalue weighted by molar-refractivity contribution is 5.00. The van der Waals surface area contributed by atoms with Crippen LogP contribution in [0, 0.1) is 11.8 Å². The van der Waals surface area contributed by atoms with Gasteiger partial charge in [-0.15, -0.1) is 0 Å². The standard InChI is InChI=1S/C15H28N2O/c16-12-15(17-7-2-9-18-10-8-17)6-1-3-14(11-15)13-4-5-13/h13-14H,1-12,16H2. The molecule has 2 unspecified atom stereocenters. The van der Waals surface area contributed by atoms with Gasteiger partial charge in [0.25, 0.3) is 0 Å². The maximum absolute atomic E-state index is 6.22. The van der Waals surface area contributed by atoms with Crippen molar-refractivity contribution in [1.29, 1.82) is 0 Å². The first kappa shape index (κ1) is 12.9. The predicted octanol–water partition coefficient (Wildman–Crippen LogP) is 2.01. The van der Waals surface area contributed by atoms with E-state index in [4.69, 9.17) is 10.5 Å². The molecule has 0 bridgehead atoms. The minimum absolute atomic E-state index is 0.305. The highest BCUT2D eigenvalue weighted by atomic mass is 16.5. The molecule has 2 saturated carbocycles. The molecule has 3 aliphatic rings. The third-order valence-electron chi connectivity index (χ3n) is 5.42. The van der Waals surface area contributed by atoms with Crippen LogP contribution in [0.4, 0.5) is 0 Å². The lowest BCUT2D eigenvalue weighted by Crippen LogP contribution is -2.57. The topological polar surface area (TPSA) is 38.5 Å². The van der Waals surface area contributed by atoms with E-state index in [0.717, 1.165) is 38.1 Å². The van der Waals surface area contributed by atoms with Crippen molar-refractivity contribution < 1.29 is 4.74 Å². The van der Waals surface area contributed by atoms with Crippen LogP contribution in [0.3, 0.4) is 0 Å². The normalized spacial score (nSPS) is 39.5. The zero-order chi connectivity index (χ0) is 12.4. The molecule has 2 aliphatic carbocycles. The highest BCUT2D eigenvalue weighted by Crippen LogP contribution is 2.48. The van der Waals surface area contributed by atoms with Gasteiger partial charge in [-0.3, -0.25) is 4.90 Å². The minimum Gasteiger partial charge on any atom is -0.380 e. The number of nitrogens with zero attached hydrogens (tertiary/aromatic N) is 1. The van der Waals surface area contributed by atoms with Gasteiger partial charge in [-0.2, -0.15) is 0 Å². The number of ether oxygens (including phenoxy) is 1. The van der Waals surface area contributed by atoms with Crippen molar-refractivity contribution in [1.82, 2.24) is 4.90 Å². The molecule has 3 heteroatoms. The quantitative estimate of drug-likeness (QED) is 0.835. The summed E-state index contributed by atoms with van der Waals surface area (Å²) in [5.41, 5.74) is 6.53. The van der Waals surface area contributed by atoms with Gasteiger partial charge in [0.1, 0.15) is 0 Å². The summed E-state index contributed by atoms with van der Waals surface area (Å²) in [5.74, 6) is 2.01. The number of rotatable bonds is 3. The van der Waals surface area contributed by atoms with E-state index in [0.29, 0.717) is 5.54 Å². The first-order valence-electron chi connectivity index (χ1n) is 7.87. The molecule has 1 saturated heterocycles. The van der Waals surface area contributed by atoms with Crippen LogP contribution in [-0.2, 0) is 4.74 Å². The van der Waals surface area contributed by atoms with Crippen molar-refractivity contribution in [3.8, 4) is 0 Å². The maximum Gasteiger partial charge on any atom is 0.0593 e. The van der Waals surface area contributed by atoms with E-state index in [-0.39, 0.29) is 0 Å². The Balaban J connectivity index is 1.70. The average Bonchev–Trinajstić information content (AvgIpc) is 3.25. The summed E-state index contributed by atoms with van der Waals surface area (Å²) in [4.78, 5) is 2.68. The Labute approximate surface area is 111 Å². The zero-order valence-corrected chi connectivity index (χ0v) is 11.6. The van der Waals surface area contributed by atoms with Gasteiger partial charge in [0.05, 0.1) is 6.61 Å². The molecule has 0 spiro atoms. The number of hydrogen-bond donors (Lipinski definition) is 1. The highest BCUT2D eigenvalue weighted by Gasteiger charge is 2.44. The number of hydrogen-bond acceptors (Lipinski definition) is 3. The Morgan fingerprint density at radius 3 is 2.72 bits per heavy atom. The van der Waals surface area contributed by atoms with Crippen molar-refractivity contribution in [3.63, 3.8) is 0 Å². The van der Waals surface area contributed by atoms with Crippen LogP contribution in [0.5, 0.6) is 0 Å². The Bertz CT molecular complexity index is 272. The SMILES string of the molecule is NCC1(N2CCCOCC2)CCCC(C2CC2)C1. The van der Waals surface area contributed by atoms with Crippen molar-refractivity contribution in [2.45, 2.75) is 50.5 Å². The molecule has 0 aromatic heterocycles. The van der Waals surface area contributed by atoms with Gasteiger partial charge >= 0.3 is 0 Å². The van der Waals surface area contributed by atoms with Gasteiger partial charge in [-0.05, 0) is 43.9 Å². The van der Waals surface area contributed by atoms with Crippen LogP contribution >= 0.6 is 0 Å². The second-order valence-corrected chi connectivity index (χ2v) is 6.58. The smallest absolute Gasteiger partial charge is 0.0593 e. The van der Waals surface area contributed by atoms with Crippen LogP contribution in [0.25, 0.3) is 0 Å². The molecule has 0 aromatic carbocycles. The average molecular weight is 252 g/mol. The van der Waals surface area contributed by atoms with Crippen LogP contribution in [0.1, 0.15) is 44.9 Å². The van der Waals surface area contributed by atoms with Crippen molar-refractivity contribution in [2.24, 2.45) is 17.6 Å². The van der Waals surface area contributed by atoms with E-state index in [1.54, 1.807) is 0 Å². The fraction of sp³-hybridized carbons (Fsp3) is 1.00. The summed E-state index contributed by atoms with van der Waals surface area (Å²) in [6, 6.07) is 0. The molecule has 2 N–H and O–H groups in total. The Kier molecular flexibility index (Phi) is 3.92. The lowest BCUT2D eigenvalue weighted by molar-refractivity contribution is 0.0282. The molecular formula is C15H28N2O. The van der Waals surface area contributed by atoms with E-state index >= 15 is 0 Å². The molecule has 18 heavy (non-hydrogen) atoms. The Morgan fingerprint density at radius 1 is 1.06 bits per heavy atom. The van der Waals surface area contributed by atoms with Gasteiger partial charge in [0, 0.05) is 31.8 Å². The monoisotopic (exact) mass is 252 g/mol. The molecule has 0 radical (unpaired) electrons. The van der Waals surface area contributed by atoms with Crippen molar-refractivity contribution in [2.75, 3.05) is 32.8 Å². The first-order valence-corrected chi connectivity index (χ1v) is 7.87. The molecule has 104 valence electrons. The van der Waals surface area contributed by atoms with E-state index in [1.165, 1.54) is 51.5 Å². The molecule has 0 aromatic rings. The number of nitrogens with two attached hydrogens (primary N) is 1. The summed E-state index contributed by atoms with van der Waals surface area (Å²) in [7, 11) is 0. The molecule has 2 atom stereocenters. The van der Waals surface area contributed by atoms with Crippen molar-refractivity contribution in [3.05, 3.63) is 0 Å². The van der Waals surface area contributed by atoms with E-state index in [1.807, 2.05) is 0 Å². The zero-order valence-electron chi connectivity index (χ0n) is 11.6. The summed E-state index contributed by atoms with van der Waals surface area (Å²) in [5, 5.41) is 0. The first-order chi connectivity index (χ1) is 8.84. The van der Waals surface area contributed by atoms with Gasteiger partial charge in [-0.25, -0.2) is 0 Å².